The third-order valence-electron chi connectivity index (χ3n) is 2.26. The van der Waals surface area contributed by atoms with Gasteiger partial charge in [-0.1, -0.05) is 6.92 Å². The molecule has 1 heterocycles. The lowest BCUT2D eigenvalue weighted by molar-refractivity contribution is 0.575. The first-order valence-electron chi connectivity index (χ1n) is 5.80. The minimum atomic E-state index is -3.15. The second-order valence-corrected chi connectivity index (χ2v) is 5.63. The highest BCUT2D eigenvalue weighted by atomic mass is 32.2. The zero-order chi connectivity index (χ0) is 12.6. The summed E-state index contributed by atoms with van der Waals surface area (Å²) in [6.45, 7) is 3.98. The number of imidazole rings is 1. The Morgan fingerprint density at radius 2 is 2.24 bits per heavy atom. The number of nitrogens with zero attached hydrogens (tertiary/aromatic N) is 1. The molecule has 0 bridgehead atoms. The first-order chi connectivity index (χ1) is 8.14. The summed E-state index contributed by atoms with van der Waals surface area (Å²) in [5.41, 5.74) is 0. The molecule has 0 fully saturated rings. The van der Waals surface area contributed by atoms with E-state index in [1.165, 1.54) is 0 Å². The van der Waals surface area contributed by atoms with Crippen molar-refractivity contribution < 1.29 is 8.42 Å². The van der Waals surface area contributed by atoms with Crippen molar-refractivity contribution in [3.63, 3.8) is 0 Å². The fourth-order valence-electron chi connectivity index (χ4n) is 1.40. The molecular weight excluding hydrogens is 240 g/mol. The van der Waals surface area contributed by atoms with Crippen molar-refractivity contribution in [2.75, 3.05) is 25.4 Å². The van der Waals surface area contributed by atoms with Crippen LogP contribution in [0, 0.1) is 0 Å². The molecule has 0 aliphatic carbocycles. The molecule has 1 aromatic heterocycles. The van der Waals surface area contributed by atoms with E-state index in [1.54, 1.807) is 12.4 Å². The molecule has 6 nitrogen and oxygen atoms in total. The summed E-state index contributed by atoms with van der Waals surface area (Å²) in [6, 6.07) is 0. The first kappa shape index (κ1) is 14.1. The molecule has 0 radical (unpaired) electrons. The minimum absolute atomic E-state index is 0.165. The van der Waals surface area contributed by atoms with Crippen LogP contribution in [0.2, 0.25) is 0 Å². The Hall–Kier alpha value is -0.920. The van der Waals surface area contributed by atoms with Crippen molar-refractivity contribution in [1.29, 1.82) is 0 Å². The van der Waals surface area contributed by atoms with E-state index < -0.39 is 10.0 Å². The Morgan fingerprint density at radius 1 is 1.41 bits per heavy atom. The maximum Gasteiger partial charge on any atom is 0.211 e. The van der Waals surface area contributed by atoms with Crippen LogP contribution in [0.25, 0.3) is 0 Å². The Kier molecular flexibility index (Phi) is 6.17. The van der Waals surface area contributed by atoms with Crippen LogP contribution in [-0.4, -0.2) is 43.8 Å². The molecule has 7 heteroatoms. The van der Waals surface area contributed by atoms with Gasteiger partial charge in [0.1, 0.15) is 5.82 Å². The van der Waals surface area contributed by atoms with Crippen molar-refractivity contribution in [3.8, 4) is 0 Å². The number of sulfonamides is 1. The normalized spacial score (nSPS) is 11.8. The summed E-state index contributed by atoms with van der Waals surface area (Å²) in [5.74, 6) is 0.957. The number of hydrogen-bond donors (Lipinski definition) is 3. The van der Waals surface area contributed by atoms with Gasteiger partial charge in [-0.2, -0.15) is 0 Å². The van der Waals surface area contributed by atoms with Gasteiger partial charge in [-0.25, -0.2) is 18.1 Å². The van der Waals surface area contributed by atoms with Crippen molar-refractivity contribution in [1.82, 2.24) is 20.0 Å². The van der Waals surface area contributed by atoms with Crippen LogP contribution in [0.3, 0.4) is 0 Å². The molecule has 0 amide bonds. The summed E-state index contributed by atoms with van der Waals surface area (Å²) in [4.78, 5) is 6.95. The molecule has 98 valence electrons. The highest BCUT2D eigenvalue weighted by Gasteiger charge is 2.08. The third-order valence-corrected chi connectivity index (χ3v) is 3.73. The van der Waals surface area contributed by atoms with Gasteiger partial charge < -0.3 is 10.3 Å². The van der Waals surface area contributed by atoms with Gasteiger partial charge in [0.15, 0.2) is 0 Å². The van der Waals surface area contributed by atoms with Gasteiger partial charge in [-0.3, -0.25) is 0 Å². The Morgan fingerprint density at radius 3 is 2.88 bits per heavy atom. The van der Waals surface area contributed by atoms with Crippen molar-refractivity contribution in [3.05, 3.63) is 18.2 Å². The van der Waals surface area contributed by atoms with E-state index in [1.807, 2.05) is 6.92 Å². The molecule has 0 spiro atoms. The van der Waals surface area contributed by atoms with Gasteiger partial charge in [0, 0.05) is 25.4 Å². The predicted molar refractivity (Wildman–Crippen MR) is 67.2 cm³/mol. The lowest BCUT2D eigenvalue weighted by Crippen LogP contribution is -2.30. The van der Waals surface area contributed by atoms with Crippen LogP contribution >= 0.6 is 0 Å². The minimum Gasteiger partial charge on any atom is -0.349 e. The summed E-state index contributed by atoms with van der Waals surface area (Å²) < 4.78 is 25.7. The average Bonchev–Trinajstić information content (AvgIpc) is 2.77. The fourth-order valence-corrected chi connectivity index (χ4v) is 2.48. The Labute approximate surface area is 102 Å². The molecule has 17 heavy (non-hydrogen) atoms. The fraction of sp³-hybridized carbons (Fsp3) is 0.700. The zero-order valence-corrected chi connectivity index (χ0v) is 10.9. The van der Waals surface area contributed by atoms with Gasteiger partial charge in [-0.05, 0) is 19.5 Å². The van der Waals surface area contributed by atoms with Gasteiger partial charge in [0.05, 0.1) is 5.75 Å². The van der Waals surface area contributed by atoms with E-state index in [4.69, 9.17) is 0 Å². The average molecular weight is 260 g/mol. The summed E-state index contributed by atoms with van der Waals surface area (Å²) in [7, 11) is -3.15. The number of hydrogen-bond acceptors (Lipinski definition) is 4. The van der Waals surface area contributed by atoms with Gasteiger partial charge in [0.2, 0.25) is 10.0 Å². The molecule has 1 rings (SSSR count). The Balaban J connectivity index is 2.16. The molecule has 0 unspecified atom stereocenters. The van der Waals surface area contributed by atoms with E-state index in [-0.39, 0.29) is 5.75 Å². The molecule has 0 saturated carbocycles. The predicted octanol–water partition coefficient (Wildman–Crippen LogP) is -0.129. The number of aromatic amines is 1. The summed E-state index contributed by atoms with van der Waals surface area (Å²) in [6.07, 6.45) is 4.59. The van der Waals surface area contributed by atoms with E-state index in [0.29, 0.717) is 19.4 Å². The van der Waals surface area contributed by atoms with E-state index >= 15 is 0 Å². The monoisotopic (exact) mass is 260 g/mol. The zero-order valence-electron chi connectivity index (χ0n) is 10.1. The molecule has 0 aromatic carbocycles. The third kappa shape index (κ3) is 6.40. The molecule has 0 atom stereocenters. The van der Waals surface area contributed by atoms with Gasteiger partial charge >= 0.3 is 0 Å². The van der Waals surface area contributed by atoms with Crippen LogP contribution in [0.5, 0.6) is 0 Å². The van der Waals surface area contributed by atoms with Crippen LogP contribution < -0.4 is 10.0 Å². The van der Waals surface area contributed by atoms with Crippen molar-refractivity contribution in [2.45, 2.75) is 19.8 Å². The highest BCUT2D eigenvalue weighted by molar-refractivity contribution is 7.89. The largest absolute Gasteiger partial charge is 0.349 e. The second kappa shape index (κ2) is 7.41. The van der Waals surface area contributed by atoms with Gasteiger partial charge in [0.25, 0.3) is 0 Å². The highest BCUT2D eigenvalue weighted by Crippen LogP contribution is 1.92. The van der Waals surface area contributed by atoms with E-state index in [2.05, 4.69) is 20.0 Å². The standard InChI is InChI=1S/C10H20N4O2S/c1-2-11-5-3-9-17(15,16)14-6-4-10-12-7-8-13-10/h7-8,11,14H,2-6,9H2,1H3,(H,12,13). The number of rotatable bonds is 9. The number of H-pyrrole nitrogens is 1. The Bertz CT molecular complexity index is 388. The smallest absolute Gasteiger partial charge is 0.211 e. The first-order valence-corrected chi connectivity index (χ1v) is 7.45. The van der Waals surface area contributed by atoms with Crippen molar-refractivity contribution in [2.24, 2.45) is 0 Å². The number of aromatic nitrogens is 2. The van der Waals surface area contributed by atoms with E-state index in [0.717, 1.165) is 18.9 Å². The van der Waals surface area contributed by atoms with Crippen molar-refractivity contribution >= 4 is 10.0 Å². The van der Waals surface area contributed by atoms with Crippen LogP contribution in [0.4, 0.5) is 0 Å². The van der Waals surface area contributed by atoms with Crippen LogP contribution in [0.15, 0.2) is 12.4 Å². The molecule has 1 aromatic rings. The SMILES string of the molecule is CCNCCCS(=O)(=O)NCCc1ncc[nH]1. The molecule has 0 aliphatic rings. The summed E-state index contributed by atoms with van der Waals surface area (Å²) >= 11 is 0. The van der Waals surface area contributed by atoms with Crippen LogP contribution in [-0.2, 0) is 16.4 Å². The van der Waals surface area contributed by atoms with Crippen LogP contribution in [0.1, 0.15) is 19.2 Å². The van der Waals surface area contributed by atoms with Gasteiger partial charge in [-0.15, -0.1) is 0 Å². The quantitative estimate of drug-likeness (QED) is 0.540. The second-order valence-electron chi connectivity index (χ2n) is 3.71. The maximum absolute atomic E-state index is 11.6. The molecular formula is C10H20N4O2S. The summed E-state index contributed by atoms with van der Waals surface area (Å²) in [5, 5.41) is 3.09. The maximum atomic E-state index is 11.6. The molecule has 0 aliphatic heterocycles. The topological polar surface area (TPSA) is 86.9 Å². The number of nitrogens with one attached hydrogen (secondary N) is 3. The van der Waals surface area contributed by atoms with E-state index in [9.17, 15) is 8.42 Å². The molecule has 3 N–H and O–H groups in total. The lowest BCUT2D eigenvalue weighted by Gasteiger charge is -2.06. The molecule has 0 saturated heterocycles. The lowest BCUT2D eigenvalue weighted by atomic mass is 10.4.